The average Bonchev–Trinajstić information content (AvgIpc) is 2.53. The van der Waals surface area contributed by atoms with Crippen molar-refractivity contribution in [2.45, 2.75) is 25.8 Å². The third-order valence-corrected chi connectivity index (χ3v) is 3.24. The number of nitrogens with zero attached hydrogens (tertiary/aromatic N) is 2. The van der Waals surface area contributed by atoms with Crippen LogP contribution in [0.3, 0.4) is 0 Å². The molecule has 2 rings (SSSR count). The molecular formula is C15H18N4O2. The Morgan fingerprint density at radius 2 is 2.14 bits per heavy atom. The van der Waals surface area contributed by atoms with Gasteiger partial charge in [0.1, 0.15) is 11.5 Å². The molecule has 4 N–H and O–H groups in total. The number of carbonyl (C=O) groups is 1. The van der Waals surface area contributed by atoms with Gasteiger partial charge in [0, 0.05) is 17.8 Å². The second-order valence-electron chi connectivity index (χ2n) is 4.76. The zero-order valence-electron chi connectivity index (χ0n) is 11.8. The number of aromatic nitrogens is 1. The van der Waals surface area contributed by atoms with Gasteiger partial charge in [0.15, 0.2) is 0 Å². The topological polar surface area (TPSA) is 101 Å². The Labute approximate surface area is 122 Å². The number of carbonyl (C=O) groups excluding carboxylic acids is 1. The Hall–Kier alpha value is -2.63. The van der Waals surface area contributed by atoms with Gasteiger partial charge in [-0.25, -0.2) is 4.98 Å². The lowest BCUT2D eigenvalue weighted by Gasteiger charge is -2.15. The Balaban J connectivity index is 2.13. The smallest absolute Gasteiger partial charge is 0.270 e. The van der Waals surface area contributed by atoms with Crippen LogP contribution in [-0.4, -0.2) is 28.0 Å². The number of oxime groups is 1. The molecule has 0 saturated heterocycles. The van der Waals surface area contributed by atoms with Crippen LogP contribution in [0.2, 0.25) is 0 Å². The van der Waals surface area contributed by atoms with E-state index in [9.17, 15) is 4.79 Å². The van der Waals surface area contributed by atoms with Gasteiger partial charge in [-0.05, 0) is 18.6 Å². The highest BCUT2D eigenvalue weighted by atomic mass is 16.4. The molecule has 0 aliphatic carbocycles. The SMILES string of the molecule is CCC(CC(N)=NO)NC(=O)c1ccc2ccccc2n1. The second-order valence-corrected chi connectivity index (χ2v) is 4.76. The molecule has 0 saturated carbocycles. The lowest BCUT2D eigenvalue weighted by Crippen LogP contribution is -2.37. The van der Waals surface area contributed by atoms with Crippen LogP contribution in [0.25, 0.3) is 10.9 Å². The van der Waals surface area contributed by atoms with Crippen molar-refractivity contribution in [3.05, 3.63) is 42.1 Å². The van der Waals surface area contributed by atoms with Gasteiger partial charge in [-0.3, -0.25) is 4.79 Å². The Bertz CT molecular complexity index is 670. The summed E-state index contributed by atoms with van der Waals surface area (Å²) in [4.78, 5) is 16.5. The van der Waals surface area contributed by atoms with Gasteiger partial charge in [0.25, 0.3) is 5.91 Å². The molecule has 0 aliphatic rings. The van der Waals surface area contributed by atoms with E-state index in [2.05, 4.69) is 15.5 Å². The predicted octanol–water partition coefficient (Wildman–Crippen LogP) is 1.88. The molecule has 21 heavy (non-hydrogen) atoms. The van der Waals surface area contributed by atoms with Gasteiger partial charge in [-0.1, -0.05) is 36.3 Å². The van der Waals surface area contributed by atoms with Crippen LogP contribution in [0.15, 0.2) is 41.6 Å². The van der Waals surface area contributed by atoms with Crippen molar-refractivity contribution in [1.29, 1.82) is 0 Å². The molecule has 0 bridgehead atoms. The highest BCUT2D eigenvalue weighted by Gasteiger charge is 2.15. The molecule has 0 spiro atoms. The quantitative estimate of drug-likeness (QED) is 0.338. The monoisotopic (exact) mass is 286 g/mol. The van der Waals surface area contributed by atoms with Crippen LogP contribution in [0.5, 0.6) is 0 Å². The summed E-state index contributed by atoms with van der Waals surface area (Å²) in [6.45, 7) is 1.92. The molecule has 6 heteroatoms. The van der Waals surface area contributed by atoms with Gasteiger partial charge < -0.3 is 16.3 Å². The summed E-state index contributed by atoms with van der Waals surface area (Å²) in [5, 5.41) is 15.3. The Kier molecular flexibility index (Phi) is 4.71. The lowest BCUT2D eigenvalue weighted by atomic mass is 10.1. The number of hydrogen-bond acceptors (Lipinski definition) is 4. The normalized spacial score (nSPS) is 13.1. The maximum Gasteiger partial charge on any atom is 0.270 e. The summed E-state index contributed by atoms with van der Waals surface area (Å²) >= 11 is 0. The fourth-order valence-electron chi connectivity index (χ4n) is 2.04. The van der Waals surface area contributed by atoms with Crippen molar-refractivity contribution in [3.63, 3.8) is 0 Å². The summed E-state index contributed by atoms with van der Waals surface area (Å²) in [6.07, 6.45) is 0.974. The molecule has 1 heterocycles. The first-order chi connectivity index (χ1) is 10.1. The molecule has 1 amide bonds. The number of amides is 1. The zero-order chi connectivity index (χ0) is 15.2. The minimum absolute atomic E-state index is 0.0913. The van der Waals surface area contributed by atoms with Crippen LogP contribution in [0.1, 0.15) is 30.3 Å². The van der Waals surface area contributed by atoms with E-state index in [0.717, 1.165) is 10.9 Å². The number of benzene rings is 1. The Morgan fingerprint density at radius 3 is 2.86 bits per heavy atom. The van der Waals surface area contributed by atoms with Crippen molar-refractivity contribution in [2.24, 2.45) is 10.9 Å². The largest absolute Gasteiger partial charge is 0.409 e. The number of rotatable bonds is 5. The van der Waals surface area contributed by atoms with Gasteiger partial charge in [-0.2, -0.15) is 0 Å². The van der Waals surface area contributed by atoms with Gasteiger partial charge in [-0.15, -0.1) is 0 Å². The maximum atomic E-state index is 12.2. The van der Waals surface area contributed by atoms with E-state index in [1.54, 1.807) is 6.07 Å². The van der Waals surface area contributed by atoms with Crippen LogP contribution in [0, 0.1) is 0 Å². The first kappa shape index (κ1) is 14.8. The molecular weight excluding hydrogens is 268 g/mol. The van der Waals surface area contributed by atoms with E-state index in [4.69, 9.17) is 10.9 Å². The number of para-hydroxylation sites is 1. The number of nitrogens with one attached hydrogen (secondary N) is 1. The highest BCUT2D eigenvalue weighted by molar-refractivity contribution is 5.95. The summed E-state index contributed by atoms with van der Waals surface area (Å²) in [5.74, 6) is -0.174. The van der Waals surface area contributed by atoms with Crippen LogP contribution < -0.4 is 11.1 Å². The van der Waals surface area contributed by atoms with Crippen molar-refractivity contribution < 1.29 is 10.0 Å². The summed E-state index contributed by atoms with van der Waals surface area (Å²) in [6, 6.07) is 11.0. The summed E-state index contributed by atoms with van der Waals surface area (Å²) in [5.41, 5.74) is 6.60. The molecule has 2 aromatic rings. The van der Waals surface area contributed by atoms with Crippen LogP contribution in [0.4, 0.5) is 0 Å². The molecule has 1 aromatic carbocycles. The summed E-state index contributed by atoms with van der Waals surface area (Å²) < 4.78 is 0. The van der Waals surface area contributed by atoms with E-state index in [1.165, 1.54) is 0 Å². The number of nitrogens with two attached hydrogens (primary N) is 1. The minimum atomic E-state index is -0.265. The molecule has 1 atom stereocenters. The first-order valence-corrected chi connectivity index (χ1v) is 6.77. The Morgan fingerprint density at radius 1 is 1.38 bits per heavy atom. The zero-order valence-corrected chi connectivity index (χ0v) is 11.8. The minimum Gasteiger partial charge on any atom is -0.409 e. The fraction of sp³-hybridized carbons (Fsp3) is 0.267. The third kappa shape index (κ3) is 3.68. The van der Waals surface area contributed by atoms with E-state index in [-0.39, 0.29) is 17.8 Å². The van der Waals surface area contributed by atoms with Crippen molar-refractivity contribution in [3.8, 4) is 0 Å². The number of amidine groups is 1. The predicted molar refractivity (Wildman–Crippen MR) is 81.3 cm³/mol. The molecule has 0 aliphatic heterocycles. The van der Waals surface area contributed by atoms with E-state index < -0.39 is 0 Å². The third-order valence-electron chi connectivity index (χ3n) is 3.24. The molecule has 110 valence electrons. The van der Waals surface area contributed by atoms with Crippen LogP contribution >= 0.6 is 0 Å². The van der Waals surface area contributed by atoms with Crippen molar-refractivity contribution >= 4 is 22.6 Å². The van der Waals surface area contributed by atoms with Gasteiger partial charge in [0.05, 0.1) is 5.52 Å². The van der Waals surface area contributed by atoms with Crippen molar-refractivity contribution in [1.82, 2.24) is 10.3 Å². The second kappa shape index (κ2) is 6.69. The number of fused-ring (bicyclic) bond motifs is 1. The molecule has 0 fully saturated rings. The number of hydrogen-bond donors (Lipinski definition) is 3. The lowest BCUT2D eigenvalue weighted by molar-refractivity contribution is 0.0932. The van der Waals surface area contributed by atoms with Gasteiger partial charge >= 0.3 is 0 Å². The van der Waals surface area contributed by atoms with E-state index in [1.807, 2.05) is 37.3 Å². The number of pyridine rings is 1. The maximum absolute atomic E-state index is 12.2. The van der Waals surface area contributed by atoms with Crippen LogP contribution in [-0.2, 0) is 0 Å². The highest BCUT2D eigenvalue weighted by Crippen LogP contribution is 2.12. The van der Waals surface area contributed by atoms with E-state index in [0.29, 0.717) is 18.5 Å². The molecule has 6 nitrogen and oxygen atoms in total. The molecule has 1 aromatic heterocycles. The fourth-order valence-corrected chi connectivity index (χ4v) is 2.04. The van der Waals surface area contributed by atoms with Gasteiger partial charge in [0.2, 0.25) is 0 Å². The van der Waals surface area contributed by atoms with E-state index >= 15 is 0 Å². The van der Waals surface area contributed by atoms with Crippen molar-refractivity contribution in [2.75, 3.05) is 0 Å². The standard InChI is InChI=1S/C15H18N4O2/c1-2-11(9-14(16)19-21)17-15(20)13-8-7-10-5-3-4-6-12(10)18-13/h3-8,11,21H,2,9H2,1H3,(H2,16,19)(H,17,20). The first-order valence-electron chi connectivity index (χ1n) is 6.77. The average molecular weight is 286 g/mol. The molecule has 0 radical (unpaired) electrons. The molecule has 1 unspecified atom stereocenters. The summed E-state index contributed by atoms with van der Waals surface area (Å²) in [7, 11) is 0.